The molecule has 0 amide bonds. The Balaban J connectivity index is 1.12. The van der Waals surface area contributed by atoms with Crippen LogP contribution in [0.4, 0.5) is 0 Å². The van der Waals surface area contributed by atoms with Crippen LogP contribution in [0.1, 0.15) is 99.3 Å². The number of hydrogen-bond donors (Lipinski definition) is 5. The number of piperidine rings is 1. The third-order valence-electron chi connectivity index (χ3n) is 11.0. The van der Waals surface area contributed by atoms with Gasteiger partial charge in [-0.05, 0) is 121 Å². The molecule has 8 heteroatoms. The summed E-state index contributed by atoms with van der Waals surface area (Å²) < 4.78 is 5.38. The first kappa shape index (κ1) is 34.9. The van der Waals surface area contributed by atoms with Crippen molar-refractivity contribution in [3.63, 3.8) is 0 Å². The summed E-state index contributed by atoms with van der Waals surface area (Å²) in [6.45, 7) is 0.936. The molecular weight excluding hydrogens is 618 g/mol. The molecule has 2 aliphatic carbocycles. The second-order valence-electron chi connectivity index (χ2n) is 14.4. The van der Waals surface area contributed by atoms with Crippen molar-refractivity contribution in [1.29, 1.82) is 0 Å². The first-order valence-corrected chi connectivity index (χ1v) is 18.0. The van der Waals surface area contributed by atoms with E-state index in [2.05, 4.69) is 17.2 Å². The van der Waals surface area contributed by atoms with Crippen LogP contribution in [0, 0.1) is 29.6 Å². The number of phenols is 2. The number of carbonyl (C=O) groups is 2. The summed E-state index contributed by atoms with van der Waals surface area (Å²) in [5.41, 5.74) is 2.43. The Hall–Kier alpha value is -3.90. The third-order valence-corrected chi connectivity index (χ3v) is 11.0. The van der Waals surface area contributed by atoms with Gasteiger partial charge in [-0.1, -0.05) is 42.9 Å². The lowest BCUT2D eigenvalue weighted by atomic mass is 9.74. The van der Waals surface area contributed by atoms with Crippen LogP contribution in [0.25, 0.3) is 10.8 Å². The van der Waals surface area contributed by atoms with Gasteiger partial charge >= 0.3 is 0 Å². The topological polar surface area (TPSA) is 136 Å². The van der Waals surface area contributed by atoms with Gasteiger partial charge in [-0.2, -0.15) is 0 Å². The van der Waals surface area contributed by atoms with E-state index in [1.165, 1.54) is 7.11 Å². The number of benzene rings is 3. The van der Waals surface area contributed by atoms with Crippen molar-refractivity contribution in [1.82, 2.24) is 5.32 Å². The molecule has 0 spiro atoms. The molecule has 1 heterocycles. The molecule has 3 aliphatic rings. The van der Waals surface area contributed by atoms with E-state index in [4.69, 9.17) is 4.74 Å². The largest absolute Gasteiger partial charge is 0.508 e. The molecule has 1 saturated heterocycles. The highest BCUT2D eigenvalue weighted by Crippen LogP contribution is 2.38. The maximum absolute atomic E-state index is 13.5. The molecular formula is C41H49NO7. The van der Waals surface area contributed by atoms with E-state index in [1.807, 2.05) is 24.3 Å². The van der Waals surface area contributed by atoms with Gasteiger partial charge in [-0.25, -0.2) is 0 Å². The average Bonchev–Trinajstić information content (AvgIpc) is 3.16. The molecule has 8 nitrogen and oxygen atoms in total. The molecule has 3 aromatic rings. The average molecular weight is 668 g/mol. The van der Waals surface area contributed by atoms with Crippen molar-refractivity contribution < 1.29 is 34.8 Å². The van der Waals surface area contributed by atoms with Crippen LogP contribution in [0.2, 0.25) is 0 Å². The monoisotopic (exact) mass is 667 g/mol. The fraction of sp³-hybridized carbons (Fsp3) is 0.512. The Labute approximate surface area is 288 Å². The molecule has 0 aromatic heterocycles. The van der Waals surface area contributed by atoms with Crippen LogP contribution in [-0.4, -0.2) is 57.8 Å². The highest BCUT2D eigenvalue weighted by Gasteiger charge is 2.34. The van der Waals surface area contributed by atoms with Crippen LogP contribution in [0.5, 0.6) is 17.2 Å². The molecule has 3 aromatic carbocycles. The zero-order chi connectivity index (χ0) is 34.5. The van der Waals surface area contributed by atoms with Crippen LogP contribution in [-0.2, 0) is 16.0 Å². The van der Waals surface area contributed by atoms with Crippen LogP contribution < -0.4 is 10.1 Å². The van der Waals surface area contributed by atoms with Crippen molar-refractivity contribution in [3.05, 3.63) is 65.2 Å². The second kappa shape index (κ2) is 15.8. The lowest BCUT2D eigenvalue weighted by Crippen LogP contribution is -2.48. The Bertz CT molecular complexity index is 1720. The van der Waals surface area contributed by atoms with Crippen molar-refractivity contribution in [2.75, 3.05) is 13.7 Å². The smallest absolute Gasteiger partial charge is 0.160 e. The fourth-order valence-corrected chi connectivity index (χ4v) is 8.17. The number of hydrogen-bond acceptors (Lipinski definition) is 8. The minimum atomic E-state index is -0.870. The normalized spacial score (nSPS) is 25.2. The first-order valence-electron chi connectivity index (χ1n) is 18.0. The number of Topliss-reactive ketones (excluding diaryl/α,β-unsaturated/α-hetero) is 2. The quantitative estimate of drug-likeness (QED) is 0.119. The van der Waals surface area contributed by atoms with E-state index in [0.29, 0.717) is 67.9 Å². The van der Waals surface area contributed by atoms with Crippen molar-refractivity contribution in [3.8, 4) is 29.1 Å². The van der Waals surface area contributed by atoms with E-state index in [1.54, 1.807) is 24.3 Å². The van der Waals surface area contributed by atoms with Gasteiger partial charge < -0.3 is 30.5 Å². The SMILES string of the molecule is COc1cc2c(cc1O)[C@H](CC[C@H](O)c1ccc3cc(O)ccc3c1)C#C[C@H]([C@H](O)CCCC[C@@H]1CN[C@@H]3CC(=O)CC[C@@H]3C1)C(=O)CC2. The van der Waals surface area contributed by atoms with E-state index < -0.39 is 18.1 Å². The molecule has 0 radical (unpaired) electrons. The van der Waals surface area contributed by atoms with Crippen LogP contribution in [0.15, 0.2) is 48.5 Å². The molecule has 0 unspecified atom stereocenters. The minimum absolute atomic E-state index is 0.00537. The maximum atomic E-state index is 13.5. The number of aliphatic hydroxyl groups excluding tert-OH is 2. The highest BCUT2D eigenvalue weighted by atomic mass is 16.5. The molecule has 49 heavy (non-hydrogen) atoms. The van der Waals surface area contributed by atoms with Gasteiger partial charge in [0.25, 0.3) is 0 Å². The fourth-order valence-electron chi connectivity index (χ4n) is 8.17. The summed E-state index contributed by atoms with van der Waals surface area (Å²) in [6, 6.07) is 14.6. The predicted molar refractivity (Wildman–Crippen MR) is 189 cm³/mol. The van der Waals surface area contributed by atoms with Crippen LogP contribution >= 0.6 is 0 Å². The summed E-state index contributed by atoms with van der Waals surface area (Å²) in [5.74, 6) is 7.24. The van der Waals surface area contributed by atoms with E-state index in [9.17, 15) is 30.0 Å². The number of rotatable bonds is 11. The van der Waals surface area contributed by atoms with E-state index >= 15 is 0 Å². The minimum Gasteiger partial charge on any atom is -0.508 e. The van der Waals surface area contributed by atoms with Gasteiger partial charge in [-0.15, -0.1) is 0 Å². The van der Waals surface area contributed by atoms with E-state index in [-0.39, 0.29) is 29.6 Å². The third kappa shape index (κ3) is 8.46. The van der Waals surface area contributed by atoms with Gasteiger partial charge in [-0.3, -0.25) is 9.59 Å². The standard InChI is InChI=1S/C41H49NO7/c1-49-41-21-29-12-17-39(47)34(38(46)5-3-2-4-25-18-30-9-14-33(44)22-36(30)42-24-25)15-10-26(35(29)23-40(41)48)11-16-37(45)31-7-6-28-20-32(43)13-8-27(28)19-31/h6-8,13,19-21,23,25-26,30,34,36-38,42-43,45-46,48H,2-5,9,11-12,14,16-18,22,24H2,1H3/t25-,26-,30+,34+,36+,37-,38+/m0/s1. The second-order valence-corrected chi connectivity index (χ2v) is 14.4. The molecule has 1 aliphatic heterocycles. The number of aromatic hydroxyl groups is 2. The molecule has 7 atom stereocenters. The van der Waals surface area contributed by atoms with Gasteiger partial charge in [0.05, 0.1) is 19.3 Å². The van der Waals surface area contributed by atoms with Crippen molar-refractivity contribution >= 4 is 22.3 Å². The molecule has 2 fully saturated rings. The summed E-state index contributed by atoms with van der Waals surface area (Å²) in [4.78, 5) is 25.3. The lowest BCUT2D eigenvalue weighted by molar-refractivity contribution is -0.124. The molecule has 260 valence electrons. The summed E-state index contributed by atoms with van der Waals surface area (Å²) >= 11 is 0. The number of nitrogens with one attached hydrogen (secondary N) is 1. The highest BCUT2D eigenvalue weighted by molar-refractivity contribution is 5.85. The van der Waals surface area contributed by atoms with Gasteiger partial charge in [0.15, 0.2) is 17.3 Å². The number of aryl methyl sites for hydroxylation is 1. The van der Waals surface area contributed by atoms with E-state index in [0.717, 1.165) is 66.1 Å². The van der Waals surface area contributed by atoms with Gasteiger partial charge in [0, 0.05) is 31.2 Å². The Morgan fingerprint density at radius 1 is 0.918 bits per heavy atom. The van der Waals surface area contributed by atoms with Gasteiger partial charge in [0.1, 0.15) is 17.5 Å². The number of methoxy groups -OCH3 is 1. The van der Waals surface area contributed by atoms with Crippen molar-refractivity contribution in [2.45, 2.75) is 101 Å². The molecule has 1 saturated carbocycles. The number of ether oxygens (including phenoxy) is 1. The number of unbranched alkanes of at least 4 members (excludes halogenated alkanes) is 1. The summed E-state index contributed by atoms with van der Waals surface area (Å²) in [5, 5.41) is 48.4. The molecule has 6 rings (SSSR count). The lowest BCUT2D eigenvalue weighted by Gasteiger charge is -2.39. The molecule has 0 bridgehead atoms. The molecule has 5 N–H and O–H groups in total. The zero-order valence-electron chi connectivity index (χ0n) is 28.4. The van der Waals surface area contributed by atoms with Crippen LogP contribution in [0.3, 0.4) is 0 Å². The number of carbonyl (C=O) groups excluding carboxylic acids is 2. The zero-order valence-corrected chi connectivity index (χ0v) is 28.4. The summed E-state index contributed by atoms with van der Waals surface area (Å²) in [6.07, 6.45) is 6.72. The predicted octanol–water partition coefficient (Wildman–Crippen LogP) is 6.26. The first-order chi connectivity index (χ1) is 23.7. The number of phenolic OH excluding ortho intramolecular Hbond substituents is 2. The summed E-state index contributed by atoms with van der Waals surface area (Å²) in [7, 11) is 1.49. The maximum Gasteiger partial charge on any atom is 0.160 e. The number of ketones is 2. The van der Waals surface area contributed by atoms with Crippen molar-refractivity contribution in [2.24, 2.45) is 17.8 Å². The Morgan fingerprint density at radius 2 is 1.73 bits per heavy atom. The number of aliphatic hydroxyl groups is 2. The number of fused-ring (bicyclic) bond motifs is 3. The Morgan fingerprint density at radius 3 is 2.57 bits per heavy atom. The van der Waals surface area contributed by atoms with Gasteiger partial charge in [0.2, 0.25) is 0 Å². The Kier molecular flexibility index (Phi) is 11.2.